The molecule has 2 heterocycles. The first-order chi connectivity index (χ1) is 18.3. The van der Waals surface area contributed by atoms with E-state index in [1.165, 1.54) is 24.3 Å². The molecule has 1 unspecified atom stereocenters. The van der Waals surface area contributed by atoms with Gasteiger partial charge in [0.2, 0.25) is 0 Å². The molecule has 1 N–H and O–H groups in total. The van der Waals surface area contributed by atoms with E-state index >= 15 is 0 Å². The Balaban J connectivity index is 0.00000353. The van der Waals surface area contributed by atoms with Gasteiger partial charge in [-0.1, -0.05) is 29.3 Å². The number of nitrogens with zero attached hydrogens (tertiary/aromatic N) is 2. The van der Waals surface area contributed by atoms with Crippen LogP contribution in [0.4, 0.5) is 10.2 Å². The van der Waals surface area contributed by atoms with Crippen molar-refractivity contribution in [3.8, 4) is 28.5 Å². The van der Waals surface area contributed by atoms with Gasteiger partial charge in [-0.25, -0.2) is 4.39 Å². The van der Waals surface area contributed by atoms with Crippen LogP contribution < -0.4 is 49.5 Å². The molecule has 1 aromatic heterocycles. The molecule has 0 saturated carbocycles. The van der Waals surface area contributed by atoms with Gasteiger partial charge in [0.1, 0.15) is 23.1 Å². The minimum Gasteiger partial charge on any atom is -0.549 e. The van der Waals surface area contributed by atoms with E-state index in [4.69, 9.17) is 32.7 Å². The number of aromatic nitrogens is 2. The zero-order valence-corrected chi connectivity index (χ0v) is 23.9. The van der Waals surface area contributed by atoms with Crippen LogP contribution in [0.15, 0.2) is 66.7 Å². The molecule has 0 spiro atoms. The molecule has 0 saturated heterocycles. The molecule has 0 aliphatic carbocycles. The van der Waals surface area contributed by atoms with Crippen LogP contribution in [0.5, 0.6) is 17.2 Å². The maximum Gasteiger partial charge on any atom is 1.00 e. The Labute approximate surface area is 254 Å². The van der Waals surface area contributed by atoms with Crippen LogP contribution in [0, 0.1) is 5.82 Å². The van der Waals surface area contributed by atoms with Crippen molar-refractivity contribution >= 4 is 40.9 Å². The summed E-state index contributed by atoms with van der Waals surface area (Å²) in [5.41, 5.74) is 1.69. The number of carboxylic acid groups (broad SMARTS) is 1. The summed E-state index contributed by atoms with van der Waals surface area (Å²) >= 11 is 12.0. The van der Waals surface area contributed by atoms with Crippen molar-refractivity contribution in [3.63, 3.8) is 0 Å². The minimum atomic E-state index is -1.19. The molecule has 3 aromatic carbocycles. The van der Waals surface area contributed by atoms with Crippen LogP contribution in [0.2, 0.25) is 10.0 Å². The van der Waals surface area contributed by atoms with Gasteiger partial charge >= 0.3 is 29.6 Å². The molecule has 0 radical (unpaired) electrons. The molecule has 0 fully saturated rings. The van der Waals surface area contributed by atoms with Crippen LogP contribution in [-0.4, -0.2) is 28.7 Å². The van der Waals surface area contributed by atoms with Crippen molar-refractivity contribution in [1.29, 1.82) is 0 Å². The number of halogens is 3. The van der Waals surface area contributed by atoms with E-state index in [2.05, 4.69) is 15.5 Å². The summed E-state index contributed by atoms with van der Waals surface area (Å²) < 4.78 is 25.1. The topological polar surface area (TPSA) is 113 Å². The van der Waals surface area contributed by atoms with Gasteiger partial charge in [0.05, 0.1) is 22.3 Å². The Kier molecular flexibility index (Phi) is 9.09. The fourth-order valence-electron chi connectivity index (χ4n) is 3.91. The number of ether oxygens (including phenoxy) is 2. The van der Waals surface area contributed by atoms with Crippen LogP contribution in [-0.2, 0) is 4.79 Å². The van der Waals surface area contributed by atoms with Gasteiger partial charge in [0.15, 0.2) is 5.82 Å². The van der Waals surface area contributed by atoms with Crippen molar-refractivity contribution in [2.45, 2.75) is 12.3 Å². The molecule has 4 aromatic rings. The first kappa shape index (κ1) is 28.8. The molecule has 39 heavy (non-hydrogen) atoms. The van der Waals surface area contributed by atoms with Crippen molar-refractivity contribution in [2.24, 2.45) is 0 Å². The van der Waals surface area contributed by atoms with Gasteiger partial charge in [-0.05, 0) is 61.0 Å². The molecule has 1 aliphatic heterocycles. The second kappa shape index (κ2) is 12.3. The van der Waals surface area contributed by atoms with E-state index < -0.39 is 23.6 Å². The molecule has 5 rings (SSSR count). The molecule has 12 heteroatoms. The largest absolute Gasteiger partial charge is 1.00 e. The Morgan fingerprint density at radius 3 is 2.44 bits per heavy atom. The van der Waals surface area contributed by atoms with Crippen molar-refractivity contribution in [1.82, 2.24) is 10.2 Å². The summed E-state index contributed by atoms with van der Waals surface area (Å²) in [5.74, 6) is -1.73. The van der Waals surface area contributed by atoms with Crippen LogP contribution in [0.1, 0.15) is 28.3 Å². The Bertz CT molecular complexity index is 1540. The number of nitrogens with one attached hydrogen (secondary N) is 1. The molecule has 1 aliphatic rings. The Morgan fingerprint density at radius 1 is 1.00 bits per heavy atom. The predicted octanol–water partition coefficient (Wildman–Crippen LogP) is 2.25. The number of amides is 1. The zero-order chi connectivity index (χ0) is 26.8. The van der Waals surface area contributed by atoms with Crippen molar-refractivity contribution in [2.75, 3.05) is 11.9 Å². The van der Waals surface area contributed by atoms with Gasteiger partial charge < -0.3 is 24.7 Å². The summed E-state index contributed by atoms with van der Waals surface area (Å²) in [6.45, 7) is 0.239. The third-order valence-electron chi connectivity index (χ3n) is 5.85. The number of anilines is 1. The first-order valence-electron chi connectivity index (χ1n) is 11.3. The third kappa shape index (κ3) is 6.51. The SMILES string of the molecule is O=C(Nc1ccc(-c2ccc(Cl)c(F)c2)nn1)c1ccc(Oc2cc3c(cc2Cl)C(C(=O)[O-])CCO3)cc1.[Na+]. The van der Waals surface area contributed by atoms with Gasteiger partial charge in [-0.15, -0.1) is 10.2 Å². The van der Waals surface area contributed by atoms with E-state index in [0.29, 0.717) is 40.3 Å². The second-order valence-corrected chi connectivity index (χ2v) is 9.16. The third-order valence-corrected chi connectivity index (χ3v) is 6.46. The van der Waals surface area contributed by atoms with Gasteiger partial charge in [0.25, 0.3) is 5.91 Å². The summed E-state index contributed by atoms with van der Waals surface area (Å²) in [7, 11) is 0. The molecular formula is C27H17Cl2FN3NaO5. The number of rotatable bonds is 6. The maximum absolute atomic E-state index is 13.7. The van der Waals surface area contributed by atoms with E-state index in [1.54, 1.807) is 42.5 Å². The summed E-state index contributed by atoms with van der Waals surface area (Å²) in [4.78, 5) is 24.1. The van der Waals surface area contributed by atoms with Crippen LogP contribution >= 0.6 is 23.2 Å². The fraction of sp³-hybridized carbons (Fsp3) is 0.111. The van der Waals surface area contributed by atoms with Gasteiger partial charge in [-0.3, -0.25) is 4.79 Å². The number of carbonyl (C=O) groups is 2. The molecular weight excluding hydrogens is 559 g/mol. The van der Waals surface area contributed by atoms with E-state index in [9.17, 15) is 19.1 Å². The van der Waals surface area contributed by atoms with E-state index in [-0.39, 0.29) is 57.8 Å². The number of carboxylic acids is 1. The number of hydrogen-bond acceptors (Lipinski definition) is 7. The first-order valence-corrected chi connectivity index (χ1v) is 12.1. The normalized spacial score (nSPS) is 13.9. The quantitative estimate of drug-likeness (QED) is 0.351. The monoisotopic (exact) mass is 575 g/mol. The zero-order valence-electron chi connectivity index (χ0n) is 20.4. The predicted molar refractivity (Wildman–Crippen MR) is 136 cm³/mol. The number of hydrogen-bond donors (Lipinski definition) is 1. The van der Waals surface area contributed by atoms with Crippen LogP contribution in [0.3, 0.4) is 0 Å². The van der Waals surface area contributed by atoms with Crippen molar-refractivity contribution in [3.05, 3.63) is 93.7 Å². The molecule has 0 bridgehead atoms. The molecule has 192 valence electrons. The summed E-state index contributed by atoms with van der Waals surface area (Å²) in [5, 5.41) is 22.3. The summed E-state index contributed by atoms with van der Waals surface area (Å²) in [6.07, 6.45) is 0.299. The fourth-order valence-corrected chi connectivity index (χ4v) is 4.24. The minimum absolute atomic E-state index is 0. The average Bonchev–Trinajstić information content (AvgIpc) is 2.91. The Morgan fingerprint density at radius 2 is 1.77 bits per heavy atom. The van der Waals surface area contributed by atoms with Crippen LogP contribution in [0.25, 0.3) is 11.3 Å². The maximum atomic E-state index is 13.7. The average molecular weight is 576 g/mol. The number of fused-ring (bicyclic) bond motifs is 1. The summed E-state index contributed by atoms with van der Waals surface area (Å²) in [6, 6.07) is 16.8. The second-order valence-electron chi connectivity index (χ2n) is 8.34. The smallest absolute Gasteiger partial charge is 0.549 e. The number of carbonyl (C=O) groups excluding carboxylic acids is 2. The van der Waals surface area contributed by atoms with Gasteiger partial charge in [0, 0.05) is 34.6 Å². The van der Waals surface area contributed by atoms with E-state index in [1.807, 2.05) is 0 Å². The Hall–Kier alpha value is -3.21. The van der Waals surface area contributed by atoms with Crippen molar-refractivity contribution < 1.29 is 58.1 Å². The number of aliphatic carboxylic acids is 1. The van der Waals surface area contributed by atoms with E-state index in [0.717, 1.165) is 0 Å². The molecule has 1 atom stereocenters. The number of benzene rings is 3. The molecule has 1 amide bonds. The molecule has 8 nitrogen and oxygen atoms in total. The standard InChI is InChI=1S/C27H18Cl2FN3O5.Na/c28-19-6-3-15(11-21(19)30)22-7-8-25(33-32-22)31-26(34)14-1-4-16(5-2-14)38-24-13-23-18(12-20(24)29)17(27(35)36)9-10-37-23;/h1-8,11-13,17H,9-10H2,(H,35,36)(H,31,33,34);/q;+1/p-1. The van der Waals surface area contributed by atoms with Gasteiger partial charge in [-0.2, -0.15) is 0 Å².